The molecule has 0 unspecified atom stereocenters. The minimum Gasteiger partial charge on any atom is -0.455 e. The van der Waals surface area contributed by atoms with Gasteiger partial charge in [-0.15, -0.1) is 0 Å². The van der Waals surface area contributed by atoms with Gasteiger partial charge in [-0.2, -0.15) is 0 Å². The maximum absolute atomic E-state index is 13.1. The molecular weight excluding hydrogens is 470 g/mol. The zero-order valence-electron chi connectivity index (χ0n) is 16.1. The van der Waals surface area contributed by atoms with Crippen molar-refractivity contribution in [3.05, 3.63) is 63.6 Å². The Hall–Kier alpha value is -2.18. The van der Waals surface area contributed by atoms with Crippen molar-refractivity contribution in [3.8, 4) is 0 Å². The molecule has 2 aliphatic carbocycles. The van der Waals surface area contributed by atoms with Crippen molar-refractivity contribution in [1.82, 2.24) is 0 Å². The summed E-state index contributed by atoms with van der Waals surface area (Å²) in [6.07, 6.45) is 2.74. The van der Waals surface area contributed by atoms with E-state index in [1.54, 1.807) is 30.3 Å². The summed E-state index contributed by atoms with van der Waals surface area (Å²) in [5, 5.41) is 3.02. The SMILES string of the molecule is O=C(COC(=O)[C@@H]1[C@H]2CC[C@@H](C2)[C@@H]1C(=O)c1ccccc1)Nc1ccc(Br)cc1Cl. The summed E-state index contributed by atoms with van der Waals surface area (Å²) in [6, 6.07) is 14.2. The highest BCUT2D eigenvalue weighted by Crippen LogP contribution is 2.53. The first kappa shape index (κ1) is 21.1. The van der Waals surface area contributed by atoms with Gasteiger partial charge in [-0.25, -0.2) is 0 Å². The van der Waals surface area contributed by atoms with Gasteiger partial charge in [0.05, 0.1) is 16.6 Å². The molecule has 0 spiro atoms. The lowest BCUT2D eigenvalue weighted by molar-refractivity contribution is -0.154. The molecule has 0 radical (unpaired) electrons. The molecule has 4 rings (SSSR count). The van der Waals surface area contributed by atoms with Gasteiger partial charge in [0.25, 0.3) is 5.91 Å². The van der Waals surface area contributed by atoms with Crippen molar-refractivity contribution in [1.29, 1.82) is 0 Å². The molecule has 4 atom stereocenters. The number of carbonyl (C=O) groups excluding carboxylic acids is 3. The number of Topliss-reactive ketones (excluding diaryl/α,β-unsaturated/α-hetero) is 1. The number of hydrogen-bond donors (Lipinski definition) is 1. The minimum absolute atomic E-state index is 0.00385. The molecule has 7 heteroatoms. The van der Waals surface area contributed by atoms with Crippen LogP contribution in [-0.4, -0.2) is 24.3 Å². The highest BCUT2D eigenvalue weighted by atomic mass is 79.9. The zero-order chi connectivity index (χ0) is 21.3. The van der Waals surface area contributed by atoms with Crippen LogP contribution < -0.4 is 5.32 Å². The number of benzene rings is 2. The fraction of sp³-hybridized carbons (Fsp3) is 0.348. The first-order chi connectivity index (χ1) is 14.4. The Morgan fingerprint density at radius 1 is 1.03 bits per heavy atom. The molecule has 2 fully saturated rings. The summed E-state index contributed by atoms with van der Waals surface area (Å²) in [6.45, 7) is -0.411. The molecule has 2 saturated carbocycles. The van der Waals surface area contributed by atoms with Crippen LogP contribution in [0.1, 0.15) is 29.6 Å². The van der Waals surface area contributed by atoms with E-state index in [2.05, 4.69) is 21.2 Å². The van der Waals surface area contributed by atoms with Gasteiger partial charge in [0.1, 0.15) is 0 Å². The molecule has 2 aromatic carbocycles. The lowest BCUT2D eigenvalue weighted by Gasteiger charge is -2.28. The van der Waals surface area contributed by atoms with Gasteiger partial charge in [0, 0.05) is 16.0 Å². The van der Waals surface area contributed by atoms with Gasteiger partial charge in [-0.3, -0.25) is 14.4 Å². The van der Waals surface area contributed by atoms with E-state index in [0.29, 0.717) is 16.3 Å². The Bertz CT molecular complexity index is 980. The first-order valence-corrected chi connectivity index (χ1v) is 11.1. The van der Waals surface area contributed by atoms with Crippen molar-refractivity contribution in [3.63, 3.8) is 0 Å². The lowest BCUT2D eigenvalue weighted by atomic mass is 9.75. The average molecular weight is 491 g/mol. The van der Waals surface area contributed by atoms with Crippen molar-refractivity contribution in [2.24, 2.45) is 23.7 Å². The van der Waals surface area contributed by atoms with E-state index in [1.165, 1.54) is 0 Å². The molecule has 0 saturated heterocycles. The molecule has 1 N–H and O–H groups in total. The Labute approximate surface area is 188 Å². The number of amides is 1. The molecule has 30 heavy (non-hydrogen) atoms. The predicted octanol–water partition coefficient (Wildman–Crippen LogP) is 5.13. The fourth-order valence-corrected chi connectivity index (χ4v) is 5.53. The van der Waals surface area contributed by atoms with E-state index in [4.69, 9.17) is 16.3 Å². The van der Waals surface area contributed by atoms with Gasteiger partial charge < -0.3 is 10.1 Å². The van der Waals surface area contributed by atoms with Gasteiger partial charge in [-0.05, 0) is 49.3 Å². The Morgan fingerprint density at radius 3 is 2.43 bits per heavy atom. The molecule has 0 heterocycles. The highest BCUT2D eigenvalue weighted by Gasteiger charge is 2.54. The van der Waals surface area contributed by atoms with Crippen LogP contribution in [0.2, 0.25) is 5.02 Å². The van der Waals surface area contributed by atoms with Crippen LogP contribution in [0.4, 0.5) is 5.69 Å². The molecule has 0 aromatic heterocycles. The number of fused-ring (bicyclic) bond motifs is 2. The number of anilines is 1. The number of ketones is 1. The van der Waals surface area contributed by atoms with Crippen molar-refractivity contribution in [2.45, 2.75) is 19.3 Å². The van der Waals surface area contributed by atoms with E-state index in [1.807, 2.05) is 18.2 Å². The van der Waals surface area contributed by atoms with Crippen LogP contribution >= 0.6 is 27.5 Å². The van der Waals surface area contributed by atoms with Crippen LogP contribution in [0.15, 0.2) is 53.0 Å². The minimum atomic E-state index is -0.486. The van der Waals surface area contributed by atoms with Crippen molar-refractivity contribution < 1.29 is 19.1 Å². The second kappa shape index (κ2) is 8.90. The first-order valence-electron chi connectivity index (χ1n) is 9.95. The molecule has 1 amide bonds. The number of nitrogens with one attached hydrogen (secondary N) is 1. The summed E-state index contributed by atoms with van der Waals surface area (Å²) >= 11 is 9.41. The van der Waals surface area contributed by atoms with E-state index in [-0.39, 0.29) is 23.5 Å². The Balaban J connectivity index is 1.40. The molecule has 5 nitrogen and oxygen atoms in total. The number of esters is 1. The Morgan fingerprint density at radius 2 is 1.73 bits per heavy atom. The topological polar surface area (TPSA) is 72.5 Å². The lowest BCUT2D eigenvalue weighted by Crippen LogP contribution is -2.37. The number of carbonyl (C=O) groups is 3. The van der Waals surface area contributed by atoms with Crippen LogP contribution in [0, 0.1) is 23.7 Å². The van der Waals surface area contributed by atoms with Crippen molar-refractivity contribution >= 4 is 50.9 Å². The molecule has 0 aliphatic heterocycles. The number of halogens is 2. The third kappa shape index (κ3) is 4.30. The standard InChI is InChI=1S/C23H21BrClNO4/c24-16-8-9-18(17(25)11-16)26-19(27)12-30-23(29)21-15-7-6-14(10-15)20(21)22(28)13-4-2-1-3-5-13/h1-5,8-9,11,14-15,20-21H,6-7,10,12H2,(H,26,27)/t14-,15-,20-,21+/m0/s1. The largest absolute Gasteiger partial charge is 0.455 e. The molecule has 156 valence electrons. The van der Waals surface area contributed by atoms with Crippen molar-refractivity contribution in [2.75, 3.05) is 11.9 Å². The van der Waals surface area contributed by atoms with E-state index >= 15 is 0 Å². The third-order valence-electron chi connectivity index (χ3n) is 6.10. The van der Waals surface area contributed by atoms with E-state index < -0.39 is 24.4 Å². The zero-order valence-corrected chi connectivity index (χ0v) is 18.5. The summed E-state index contributed by atoms with van der Waals surface area (Å²) < 4.78 is 6.13. The smallest absolute Gasteiger partial charge is 0.310 e. The molecular formula is C23H21BrClNO4. The van der Waals surface area contributed by atoms with E-state index in [9.17, 15) is 14.4 Å². The quantitative estimate of drug-likeness (QED) is 0.450. The van der Waals surface area contributed by atoms with Crippen LogP contribution in [0.25, 0.3) is 0 Å². The summed E-state index contributed by atoms with van der Waals surface area (Å²) in [5.74, 6) is -1.45. The number of rotatable bonds is 6. The number of hydrogen-bond acceptors (Lipinski definition) is 4. The Kier molecular flexibility index (Phi) is 6.25. The second-order valence-electron chi connectivity index (χ2n) is 7.90. The highest BCUT2D eigenvalue weighted by molar-refractivity contribution is 9.10. The monoisotopic (exact) mass is 489 g/mol. The third-order valence-corrected chi connectivity index (χ3v) is 6.91. The predicted molar refractivity (Wildman–Crippen MR) is 117 cm³/mol. The van der Waals surface area contributed by atoms with Crippen LogP contribution in [0.3, 0.4) is 0 Å². The summed E-state index contributed by atoms with van der Waals surface area (Å²) in [7, 11) is 0. The van der Waals surface area contributed by atoms with Crippen LogP contribution in [-0.2, 0) is 14.3 Å². The molecule has 2 aromatic rings. The average Bonchev–Trinajstić information content (AvgIpc) is 3.36. The van der Waals surface area contributed by atoms with Gasteiger partial charge in [0.2, 0.25) is 0 Å². The number of ether oxygens (including phenoxy) is 1. The maximum atomic E-state index is 13.1. The van der Waals surface area contributed by atoms with Crippen LogP contribution in [0.5, 0.6) is 0 Å². The van der Waals surface area contributed by atoms with Gasteiger partial charge >= 0.3 is 5.97 Å². The maximum Gasteiger partial charge on any atom is 0.310 e. The summed E-state index contributed by atoms with van der Waals surface area (Å²) in [5.41, 5.74) is 1.06. The summed E-state index contributed by atoms with van der Waals surface area (Å²) in [4.78, 5) is 38.2. The van der Waals surface area contributed by atoms with Gasteiger partial charge in [0.15, 0.2) is 12.4 Å². The molecule has 2 aliphatic rings. The fourth-order valence-electron chi connectivity index (χ4n) is 4.81. The normalized spacial score (nSPS) is 24.5. The second-order valence-corrected chi connectivity index (χ2v) is 9.22. The molecule has 2 bridgehead atoms. The van der Waals surface area contributed by atoms with Gasteiger partial charge in [-0.1, -0.05) is 57.9 Å². The van der Waals surface area contributed by atoms with E-state index in [0.717, 1.165) is 23.7 Å².